The van der Waals surface area contributed by atoms with Gasteiger partial charge in [0.25, 0.3) is 0 Å². The number of aliphatic hydroxyl groups is 1. The molecule has 8 aromatic rings. The van der Waals surface area contributed by atoms with E-state index < -0.39 is 28.9 Å². The first-order valence-electron chi connectivity index (χ1n) is 25.9. The Hall–Kier alpha value is -7.37. The van der Waals surface area contributed by atoms with Crippen LogP contribution in [0.5, 0.6) is 0 Å². The molecule has 2 aliphatic heterocycles. The molecule has 22 heteroatoms. The summed E-state index contributed by atoms with van der Waals surface area (Å²) in [5.74, 6) is 0.234. The van der Waals surface area contributed by atoms with Crippen LogP contribution in [0.3, 0.4) is 0 Å². The molecule has 3 N–H and O–H groups in total. The van der Waals surface area contributed by atoms with Gasteiger partial charge in [0.2, 0.25) is 11.9 Å². The van der Waals surface area contributed by atoms with Crippen molar-refractivity contribution >= 4 is 51.9 Å². The Morgan fingerprint density at radius 3 is 1.49 bits per heavy atom. The number of aldehydes is 1. The van der Waals surface area contributed by atoms with E-state index in [9.17, 15) is 27.5 Å². The third kappa shape index (κ3) is 12.5. The number of hydrogen-bond donors (Lipinski definition) is 3. The highest BCUT2D eigenvalue weighted by molar-refractivity contribution is 5.84. The molecule has 0 unspecified atom stereocenters. The molecule has 410 valence electrons. The second-order valence-electron chi connectivity index (χ2n) is 20.9. The van der Waals surface area contributed by atoms with Crippen LogP contribution in [0, 0.1) is 37.1 Å². The van der Waals surface area contributed by atoms with Gasteiger partial charge in [-0.15, -0.1) is 0 Å². The maximum Gasteiger partial charge on any atom is 0.229 e. The predicted molar refractivity (Wildman–Crippen MR) is 288 cm³/mol. The maximum absolute atomic E-state index is 15.0. The SMILES string of the molecule is Cc1nc2c(F)cc(-c3nc(Nc4ccc(CN5CCO[C@](C)(CC=O)C5)cn4)ncc3F)cc2n1C(C)C.Cc1nc2c(F)cc(-c3nc(Nc4ccc(CN5CCO[C@](C)(CCO)C5)cn4)ncc3F)cc2n1C(C)C. The standard InChI is InChI=1S/C28H33F2N7O2.C28H31F2N7O2/c2*1-17(2)37-18(3)33-26-21(29)11-20(12-23(26)37)25-22(30)14-32-27(35-25)34-24-6-5-19(13-31-24)15-36-8-10-39-28(4,16-36)7-9-38/h5-6,11-14,17,38H,7-10,15-16H2,1-4H3,(H,31,32,34,35);5-6,9,11-14,17H,7-8,10,15-16H2,1-4H3,(H,31,32,34,35)/t2*28-/m11/s1. The van der Waals surface area contributed by atoms with Gasteiger partial charge < -0.3 is 39.1 Å². The second kappa shape index (κ2) is 23.3. The summed E-state index contributed by atoms with van der Waals surface area (Å²) in [6.45, 7) is 21.1. The van der Waals surface area contributed by atoms with E-state index >= 15 is 0 Å². The minimum Gasteiger partial charge on any atom is -0.396 e. The molecule has 10 rings (SSSR count). The largest absolute Gasteiger partial charge is 0.396 e. The van der Waals surface area contributed by atoms with E-state index in [0.717, 1.165) is 49.4 Å². The first-order valence-corrected chi connectivity index (χ1v) is 25.9. The number of aromatic nitrogens is 10. The molecule has 2 atom stereocenters. The maximum atomic E-state index is 15.0. The van der Waals surface area contributed by atoms with Crippen molar-refractivity contribution in [3.8, 4) is 22.5 Å². The highest BCUT2D eigenvalue weighted by Gasteiger charge is 2.33. The lowest BCUT2D eigenvalue weighted by Crippen LogP contribution is -2.50. The van der Waals surface area contributed by atoms with Crippen LogP contribution in [0.1, 0.15) is 89.2 Å². The minimum absolute atomic E-state index is 0.0164. The molecule has 0 radical (unpaired) electrons. The summed E-state index contributed by atoms with van der Waals surface area (Å²) >= 11 is 0. The molecule has 0 aliphatic carbocycles. The van der Waals surface area contributed by atoms with Crippen LogP contribution < -0.4 is 10.6 Å². The van der Waals surface area contributed by atoms with Crippen LogP contribution >= 0.6 is 0 Å². The zero-order chi connectivity index (χ0) is 55.5. The van der Waals surface area contributed by atoms with Crippen molar-refractivity contribution in [2.24, 2.45) is 0 Å². The number of fused-ring (bicyclic) bond motifs is 2. The highest BCUT2D eigenvalue weighted by atomic mass is 19.1. The lowest BCUT2D eigenvalue weighted by Gasteiger charge is -2.40. The highest BCUT2D eigenvalue weighted by Crippen LogP contribution is 2.33. The summed E-state index contributed by atoms with van der Waals surface area (Å²) in [5.41, 5.74) is 3.38. The van der Waals surface area contributed by atoms with Gasteiger partial charge in [-0.1, -0.05) is 12.1 Å². The lowest BCUT2D eigenvalue weighted by molar-refractivity contribution is -0.126. The van der Waals surface area contributed by atoms with Gasteiger partial charge in [-0.3, -0.25) is 9.80 Å². The van der Waals surface area contributed by atoms with Crippen molar-refractivity contribution in [3.63, 3.8) is 0 Å². The Labute approximate surface area is 449 Å². The number of imidazole rings is 2. The van der Waals surface area contributed by atoms with Gasteiger partial charge in [0, 0.05) is 94.3 Å². The van der Waals surface area contributed by atoms with E-state index in [0.29, 0.717) is 91.1 Å². The van der Waals surface area contributed by atoms with Gasteiger partial charge in [-0.05, 0) is 103 Å². The van der Waals surface area contributed by atoms with Crippen molar-refractivity contribution in [1.29, 1.82) is 0 Å². The van der Waals surface area contributed by atoms with Crippen LogP contribution in [0.25, 0.3) is 44.6 Å². The molecule has 2 aliphatic rings. The number of pyridine rings is 2. The van der Waals surface area contributed by atoms with Crippen molar-refractivity contribution in [1.82, 2.24) is 58.8 Å². The van der Waals surface area contributed by atoms with E-state index in [4.69, 9.17) is 9.47 Å². The summed E-state index contributed by atoms with van der Waals surface area (Å²) in [5, 5.41) is 15.3. The molecule has 8 heterocycles. The first kappa shape index (κ1) is 55.4. The Morgan fingerprint density at radius 1 is 0.628 bits per heavy atom. The number of nitrogens with zero attached hydrogens (tertiary/aromatic N) is 12. The van der Waals surface area contributed by atoms with E-state index in [-0.39, 0.29) is 58.6 Å². The number of halogens is 4. The molecule has 0 saturated carbocycles. The van der Waals surface area contributed by atoms with E-state index in [2.05, 4.69) is 60.3 Å². The van der Waals surface area contributed by atoms with E-state index in [1.165, 1.54) is 12.1 Å². The van der Waals surface area contributed by atoms with Gasteiger partial charge in [-0.2, -0.15) is 0 Å². The Bertz CT molecular complexity index is 3430. The number of carbonyl (C=O) groups excluding carboxylic acids is 1. The zero-order valence-electron chi connectivity index (χ0n) is 45.0. The number of aryl methyl sites for hydroxylation is 2. The van der Waals surface area contributed by atoms with Crippen LogP contribution in [0.2, 0.25) is 0 Å². The van der Waals surface area contributed by atoms with Crippen molar-refractivity contribution in [2.75, 3.05) is 56.6 Å². The first-order chi connectivity index (χ1) is 37.3. The number of benzene rings is 2. The number of carbonyl (C=O) groups is 1. The average molecular weight is 1070 g/mol. The number of rotatable bonds is 16. The third-order valence-corrected chi connectivity index (χ3v) is 13.8. The van der Waals surface area contributed by atoms with Gasteiger partial charge in [-0.25, -0.2) is 57.4 Å². The fraction of sp³-hybridized carbons (Fsp3) is 0.411. The summed E-state index contributed by atoms with van der Waals surface area (Å²) in [7, 11) is 0. The molecule has 18 nitrogen and oxygen atoms in total. The molecular weight excluding hydrogens is 1010 g/mol. The number of anilines is 4. The number of morpholine rings is 2. The molecule has 78 heavy (non-hydrogen) atoms. The number of ether oxygens (including phenoxy) is 2. The third-order valence-electron chi connectivity index (χ3n) is 13.8. The van der Waals surface area contributed by atoms with Crippen molar-refractivity contribution in [2.45, 2.75) is 105 Å². The number of hydrogen-bond acceptors (Lipinski definition) is 16. The summed E-state index contributed by atoms with van der Waals surface area (Å²) in [4.78, 5) is 49.9. The fourth-order valence-electron chi connectivity index (χ4n) is 10.3. The van der Waals surface area contributed by atoms with Gasteiger partial charge in [0.05, 0.1) is 47.8 Å². The predicted octanol–water partition coefficient (Wildman–Crippen LogP) is 9.75. The van der Waals surface area contributed by atoms with Crippen molar-refractivity contribution in [3.05, 3.63) is 119 Å². The Kier molecular flexibility index (Phi) is 16.5. The Morgan fingerprint density at radius 2 is 1.08 bits per heavy atom. The van der Waals surface area contributed by atoms with Crippen LogP contribution in [-0.4, -0.2) is 127 Å². The van der Waals surface area contributed by atoms with Crippen LogP contribution in [0.4, 0.5) is 41.1 Å². The van der Waals surface area contributed by atoms with Gasteiger partial charge in [0.1, 0.15) is 52.0 Å². The number of nitrogens with one attached hydrogen (secondary N) is 2. The topological polar surface area (TPSA) is 199 Å². The smallest absolute Gasteiger partial charge is 0.229 e. The molecule has 0 spiro atoms. The van der Waals surface area contributed by atoms with Gasteiger partial charge in [0.15, 0.2) is 23.3 Å². The molecule has 2 fully saturated rings. The molecule has 0 amide bonds. The van der Waals surface area contributed by atoms with E-state index in [1.807, 2.05) is 82.7 Å². The zero-order valence-corrected chi connectivity index (χ0v) is 45.0. The molecule has 2 saturated heterocycles. The summed E-state index contributed by atoms with van der Waals surface area (Å²) < 4.78 is 75.1. The minimum atomic E-state index is -0.665. The molecule has 0 bridgehead atoms. The molecule has 6 aromatic heterocycles. The lowest BCUT2D eigenvalue weighted by atomic mass is 10.00. The quantitative estimate of drug-likeness (QED) is 0.0610. The fourth-order valence-corrected chi connectivity index (χ4v) is 10.3. The summed E-state index contributed by atoms with van der Waals surface area (Å²) in [6, 6.07) is 13.5. The van der Waals surface area contributed by atoms with Crippen LogP contribution in [-0.2, 0) is 27.4 Å². The second-order valence-corrected chi connectivity index (χ2v) is 20.9. The summed E-state index contributed by atoms with van der Waals surface area (Å²) in [6.07, 6.45) is 7.47. The number of aliphatic hydroxyl groups excluding tert-OH is 1. The molecule has 2 aromatic carbocycles. The average Bonchev–Trinajstić information content (AvgIpc) is 4.07. The van der Waals surface area contributed by atoms with Crippen LogP contribution in [0.15, 0.2) is 73.3 Å². The monoisotopic (exact) mass is 1070 g/mol. The van der Waals surface area contributed by atoms with E-state index in [1.54, 1.807) is 30.6 Å². The normalized spacial score (nSPS) is 18.2. The Balaban J connectivity index is 0.000000190. The molecular formula is C56H64F4N14O4. The van der Waals surface area contributed by atoms with Gasteiger partial charge >= 0.3 is 0 Å². The van der Waals surface area contributed by atoms with Crippen molar-refractivity contribution < 1.29 is 36.9 Å².